The molecule has 1 aromatic heterocycles. The summed E-state index contributed by atoms with van der Waals surface area (Å²) in [6.45, 7) is 6.18. The molecule has 0 bridgehead atoms. The fraction of sp³-hybridized carbons (Fsp3) is 0.400. The third kappa shape index (κ3) is 3.04. The van der Waals surface area contributed by atoms with Crippen molar-refractivity contribution in [3.8, 4) is 0 Å². The average Bonchev–Trinajstić information content (AvgIpc) is 2.38. The number of H-pyrrole nitrogens is 1. The van der Waals surface area contributed by atoms with Crippen LogP contribution < -0.4 is 10.9 Å². The molecule has 1 aromatic carbocycles. The zero-order valence-corrected chi connectivity index (χ0v) is 11.9. The van der Waals surface area contributed by atoms with Gasteiger partial charge in [-0.3, -0.25) is 9.59 Å². The van der Waals surface area contributed by atoms with E-state index in [1.807, 2.05) is 6.92 Å². The van der Waals surface area contributed by atoms with Gasteiger partial charge in [0.1, 0.15) is 0 Å². The Morgan fingerprint density at radius 2 is 1.90 bits per heavy atom. The highest BCUT2D eigenvalue weighted by Gasteiger charge is 2.16. The molecule has 1 amide bonds. The van der Waals surface area contributed by atoms with Crippen molar-refractivity contribution in [3.05, 3.63) is 40.3 Å². The fourth-order valence-electron chi connectivity index (χ4n) is 2.35. The summed E-state index contributed by atoms with van der Waals surface area (Å²) in [6.07, 6.45) is 0.896. The van der Waals surface area contributed by atoms with Crippen LogP contribution in [0.25, 0.3) is 10.8 Å². The molecule has 2 aromatic rings. The van der Waals surface area contributed by atoms with Crippen molar-refractivity contribution in [1.29, 1.82) is 0 Å². The zero-order valence-electron chi connectivity index (χ0n) is 11.9. The topological polar surface area (TPSA) is 74.8 Å². The molecule has 0 fully saturated rings. The summed E-state index contributed by atoms with van der Waals surface area (Å²) in [5, 5.41) is 10.2. The second-order valence-corrected chi connectivity index (χ2v) is 5.45. The zero-order chi connectivity index (χ0) is 14.7. The van der Waals surface area contributed by atoms with Crippen LogP contribution in [0.3, 0.4) is 0 Å². The highest BCUT2D eigenvalue weighted by molar-refractivity contribution is 6.04. The number of hydrogen-bond donors (Lipinski definition) is 2. The van der Waals surface area contributed by atoms with Gasteiger partial charge in [-0.25, -0.2) is 5.10 Å². The Morgan fingerprint density at radius 3 is 2.55 bits per heavy atom. The largest absolute Gasteiger partial charge is 0.348 e. The molecule has 1 heterocycles. The van der Waals surface area contributed by atoms with Crippen LogP contribution in [0.15, 0.2) is 29.1 Å². The Morgan fingerprint density at radius 1 is 1.25 bits per heavy atom. The Balaban J connectivity index is 2.31. The van der Waals surface area contributed by atoms with E-state index in [1.54, 1.807) is 24.3 Å². The molecule has 20 heavy (non-hydrogen) atoms. The van der Waals surface area contributed by atoms with Gasteiger partial charge in [-0.2, -0.15) is 5.10 Å². The summed E-state index contributed by atoms with van der Waals surface area (Å²) < 4.78 is 0. The molecule has 0 saturated heterocycles. The van der Waals surface area contributed by atoms with Gasteiger partial charge in [-0.05, 0) is 25.3 Å². The molecule has 5 heteroatoms. The molecule has 5 nitrogen and oxygen atoms in total. The predicted octanol–water partition coefficient (Wildman–Crippen LogP) is 2.09. The van der Waals surface area contributed by atoms with Crippen LogP contribution in [0, 0.1) is 5.92 Å². The van der Waals surface area contributed by atoms with Crippen molar-refractivity contribution in [2.24, 2.45) is 5.92 Å². The van der Waals surface area contributed by atoms with Crippen molar-refractivity contribution in [3.63, 3.8) is 0 Å². The monoisotopic (exact) mass is 273 g/mol. The van der Waals surface area contributed by atoms with Crippen molar-refractivity contribution in [1.82, 2.24) is 15.5 Å². The Kier molecular flexibility index (Phi) is 4.17. The molecule has 0 aliphatic rings. The molecule has 1 atom stereocenters. The predicted molar refractivity (Wildman–Crippen MR) is 78.7 cm³/mol. The van der Waals surface area contributed by atoms with E-state index in [2.05, 4.69) is 29.4 Å². The molecule has 0 radical (unpaired) electrons. The first-order valence-corrected chi connectivity index (χ1v) is 6.77. The maximum Gasteiger partial charge on any atom is 0.272 e. The molecule has 106 valence electrons. The van der Waals surface area contributed by atoms with E-state index in [-0.39, 0.29) is 23.2 Å². The summed E-state index contributed by atoms with van der Waals surface area (Å²) in [5.41, 5.74) is -0.0248. The number of nitrogens with zero attached hydrogens (tertiary/aromatic N) is 1. The summed E-state index contributed by atoms with van der Waals surface area (Å²) in [7, 11) is 0. The van der Waals surface area contributed by atoms with Gasteiger partial charge < -0.3 is 5.32 Å². The Bertz CT molecular complexity index is 676. The van der Waals surface area contributed by atoms with Crippen LogP contribution in [0.1, 0.15) is 37.7 Å². The minimum Gasteiger partial charge on any atom is -0.348 e. The number of carbonyl (C=O) groups is 1. The van der Waals surface area contributed by atoms with Gasteiger partial charge in [0.05, 0.1) is 5.39 Å². The molecule has 0 aliphatic heterocycles. The molecular weight excluding hydrogens is 254 g/mol. The minimum absolute atomic E-state index is 0.0648. The quantitative estimate of drug-likeness (QED) is 0.895. The van der Waals surface area contributed by atoms with E-state index < -0.39 is 0 Å². The maximum atomic E-state index is 12.3. The number of hydrogen-bond acceptors (Lipinski definition) is 3. The minimum atomic E-state index is -0.285. The first-order valence-electron chi connectivity index (χ1n) is 6.77. The molecular formula is C15H19N3O2. The van der Waals surface area contributed by atoms with E-state index in [0.717, 1.165) is 6.42 Å². The van der Waals surface area contributed by atoms with Crippen LogP contribution in [0.5, 0.6) is 0 Å². The Labute approximate surface area is 117 Å². The van der Waals surface area contributed by atoms with Crippen LogP contribution in [-0.2, 0) is 0 Å². The number of rotatable bonds is 4. The van der Waals surface area contributed by atoms with E-state index in [4.69, 9.17) is 0 Å². The average molecular weight is 273 g/mol. The number of aromatic nitrogens is 2. The van der Waals surface area contributed by atoms with Crippen molar-refractivity contribution in [2.75, 3.05) is 0 Å². The number of aromatic amines is 1. The standard InChI is InChI=1S/C15H19N3O2/c1-9(2)8-10(3)16-15(20)13-11-6-4-5-7-12(11)14(19)18-17-13/h4-7,9-10H,8H2,1-3H3,(H,16,20)(H,18,19). The van der Waals surface area contributed by atoms with Gasteiger partial charge in [0.15, 0.2) is 5.69 Å². The molecule has 0 saturated carbocycles. The fourth-order valence-corrected chi connectivity index (χ4v) is 2.35. The normalized spacial score (nSPS) is 12.6. The van der Waals surface area contributed by atoms with E-state index >= 15 is 0 Å². The molecule has 1 unspecified atom stereocenters. The number of amides is 1. The van der Waals surface area contributed by atoms with Gasteiger partial charge in [0.2, 0.25) is 0 Å². The number of fused-ring (bicyclic) bond motifs is 1. The highest BCUT2D eigenvalue weighted by Crippen LogP contribution is 2.13. The third-order valence-electron chi connectivity index (χ3n) is 3.11. The van der Waals surface area contributed by atoms with E-state index in [0.29, 0.717) is 16.7 Å². The molecule has 0 spiro atoms. The smallest absolute Gasteiger partial charge is 0.272 e. The molecule has 2 N–H and O–H groups in total. The van der Waals surface area contributed by atoms with Crippen LogP contribution in [-0.4, -0.2) is 22.1 Å². The lowest BCUT2D eigenvalue weighted by molar-refractivity contribution is 0.0932. The summed E-state index contributed by atoms with van der Waals surface area (Å²) in [5.74, 6) is 0.246. The number of carbonyl (C=O) groups excluding carboxylic acids is 1. The van der Waals surface area contributed by atoms with Gasteiger partial charge in [0, 0.05) is 11.4 Å². The SMILES string of the molecule is CC(C)CC(C)NC(=O)c1n[nH]c(=O)c2ccccc12. The lowest BCUT2D eigenvalue weighted by Gasteiger charge is -2.15. The maximum absolute atomic E-state index is 12.3. The van der Waals surface area contributed by atoms with Crippen molar-refractivity contribution >= 4 is 16.7 Å². The van der Waals surface area contributed by atoms with Crippen LogP contribution >= 0.6 is 0 Å². The Hall–Kier alpha value is -2.17. The number of nitrogens with one attached hydrogen (secondary N) is 2. The first-order chi connectivity index (χ1) is 9.49. The summed E-state index contributed by atoms with van der Waals surface area (Å²) in [4.78, 5) is 23.9. The van der Waals surface area contributed by atoms with E-state index in [1.165, 1.54) is 0 Å². The second-order valence-electron chi connectivity index (χ2n) is 5.45. The third-order valence-corrected chi connectivity index (χ3v) is 3.11. The van der Waals surface area contributed by atoms with Crippen molar-refractivity contribution in [2.45, 2.75) is 33.2 Å². The summed E-state index contributed by atoms with van der Waals surface area (Å²) in [6, 6.07) is 7.04. The first kappa shape index (κ1) is 14.2. The van der Waals surface area contributed by atoms with Gasteiger partial charge in [-0.15, -0.1) is 0 Å². The van der Waals surface area contributed by atoms with Gasteiger partial charge in [0.25, 0.3) is 11.5 Å². The van der Waals surface area contributed by atoms with Gasteiger partial charge in [-0.1, -0.05) is 32.0 Å². The lowest BCUT2D eigenvalue weighted by atomic mass is 10.0. The lowest BCUT2D eigenvalue weighted by Crippen LogP contribution is -2.34. The second kappa shape index (κ2) is 5.86. The summed E-state index contributed by atoms with van der Waals surface area (Å²) >= 11 is 0. The van der Waals surface area contributed by atoms with Crippen molar-refractivity contribution < 1.29 is 4.79 Å². The molecule has 2 rings (SSSR count). The van der Waals surface area contributed by atoms with Gasteiger partial charge >= 0.3 is 0 Å². The highest BCUT2D eigenvalue weighted by atomic mass is 16.2. The van der Waals surface area contributed by atoms with Crippen LogP contribution in [0.4, 0.5) is 0 Å². The number of benzene rings is 1. The van der Waals surface area contributed by atoms with Crippen LogP contribution in [0.2, 0.25) is 0 Å². The molecule has 0 aliphatic carbocycles. The van der Waals surface area contributed by atoms with E-state index in [9.17, 15) is 9.59 Å².